The van der Waals surface area contributed by atoms with Crippen LogP contribution >= 0.6 is 0 Å². The Kier molecular flexibility index (Phi) is 17.6. The summed E-state index contributed by atoms with van der Waals surface area (Å²) < 4.78 is 9.92. The summed E-state index contributed by atoms with van der Waals surface area (Å²) in [6.07, 6.45) is 0. The fourth-order valence-corrected chi connectivity index (χ4v) is 0.780. The molecule has 0 aliphatic carbocycles. The molecule has 80 valence electrons. The number of hydrogen-bond donors (Lipinski definition) is 1. The van der Waals surface area contributed by atoms with Crippen molar-refractivity contribution in [2.45, 2.75) is 13.0 Å². The molecule has 0 saturated heterocycles. The van der Waals surface area contributed by atoms with Crippen LogP contribution in [0.15, 0.2) is 0 Å². The second-order valence-electron chi connectivity index (χ2n) is 2.53. The molecule has 1 atom stereocenters. The van der Waals surface area contributed by atoms with Gasteiger partial charge in [-0.05, 0) is 6.92 Å². The third-order valence-corrected chi connectivity index (χ3v) is 1.51. The topological polar surface area (TPSA) is 78.0 Å². The van der Waals surface area contributed by atoms with Gasteiger partial charge in [-0.15, -0.1) is 0 Å². The Morgan fingerprint density at radius 2 is 1.50 bits per heavy atom. The van der Waals surface area contributed by atoms with E-state index in [0.717, 1.165) is 0 Å². The summed E-state index contributed by atoms with van der Waals surface area (Å²) in [6.45, 7) is 3.31. The van der Waals surface area contributed by atoms with E-state index in [0.29, 0.717) is 19.1 Å². The van der Waals surface area contributed by atoms with Crippen LogP contribution in [0.5, 0.6) is 0 Å². The van der Waals surface area contributed by atoms with E-state index in [2.05, 4.69) is 0 Å². The van der Waals surface area contributed by atoms with E-state index < -0.39 is 0 Å². The summed E-state index contributed by atoms with van der Waals surface area (Å²) in [5.41, 5.74) is 5.65. The van der Waals surface area contributed by atoms with Gasteiger partial charge in [0.2, 0.25) is 0 Å². The minimum Gasteiger partial charge on any atom is -0.693 e. The maximum Gasteiger partial charge on any atom is 0.0527 e. The van der Waals surface area contributed by atoms with Gasteiger partial charge in [-0.2, -0.15) is 0 Å². The van der Waals surface area contributed by atoms with Crippen LogP contribution in [0.2, 0.25) is 0 Å². The molecule has 0 amide bonds. The van der Waals surface area contributed by atoms with E-state index in [9.17, 15) is 0 Å². The summed E-state index contributed by atoms with van der Waals surface area (Å²) in [4.78, 5) is 0. The summed E-state index contributed by atoms with van der Waals surface area (Å²) in [6, 6.07) is 0.139. The Balaban J connectivity index is -0.000000405. The SMILES string of the molecule is COCC(COC)C(C)N.[NH2-].[Pt]. The molecule has 0 aromatic carbocycles. The number of ether oxygens (including phenoxy) is 2. The second kappa shape index (κ2) is 11.5. The normalized spacial score (nSPS) is 11.8. The molecule has 0 fully saturated rings. The molecule has 0 aliphatic heterocycles. The van der Waals surface area contributed by atoms with E-state index in [1.54, 1.807) is 14.2 Å². The maximum atomic E-state index is 5.65. The van der Waals surface area contributed by atoms with Crippen LogP contribution in [0.25, 0.3) is 6.15 Å². The quantitative estimate of drug-likeness (QED) is 0.795. The summed E-state index contributed by atoms with van der Waals surface area (Å²) >= 11 is 0. The van der Waals surface area contributed by atoms with E-state index >= 15 is 0 Å². The van der Waals surface area contributed by atoms with Crippen molar-refractivity contribution in [3.63, 3.8) is 0 Å². The molecule has 4 N–H and O–H groups in total. The van der Waals surface area contributed by atoms with Gasteiger partial charge in [0.1, 0.15) is 0 Å². The first-order valence-electron chi connectivity index (χ1n) is 3.45. The first kappa shape index (κ1) is 18.3. The minimum atomic E-state index is 0. The molecule has 12 heavy (non-hydrogen) atoms. The van der Waals surface area contributed by atoms with E-state index in [1.165, 1.54) is 0 Å². The number of rotatable bonds is 5. The molecular weight excluding hydrogens is 339 g/mol. The third-order valence-electron chi connectivity index (χ3n) is 1.51. The van der Waals surface area contributed by atoms with Crippen LogP contribution in [-0.4, -0.2) is 33.5 Å². The first-order chi connectivity index (χ1) is 4.72. The average Bonchev–Trinajstić information content (AvgIpc) is 1.87. The Bertz CT molecular complexity index is 77.8. The molecule has 0 radical (unpaired) electrons. The Morgan fingerprint density at radius 1 is 1.17 bits per heavy atom. The summed E-state index contributed by atoms with van der Waals surface area (Å²) in [5, 5.41) is 0. The molecular formula is C7H19N2O2Pt-. The monoisotopic (exact) mass is 358 g/mol. The fourth-order valence-electron chi connectivity index (χ4n) is 0.780. The zero-order valence-corrected chi connectivity index (χ0v) is 10.1. The summed E-state index contributed by atoms with van der Waals surface area (Å²) in [5.74, 6) is 0.315. The number of nitrogens with two attached hydrogens (primary N) is 2. The maximum absolute atomic E-state index is 5.65. The summed E-state index contributed by atoms with van der Waals surface area (Å²) in [7, 11) is 3.34. The Morgan fingerprint density at radius 3 is 1.67 bits per heavy atom. The van der Waals surface area contributed by atoms with E-state index in [-0.39, 0.29) is 33.3 Å². The smallest absolute Gasteiger partial charge is 0.0527 e. The molecule has 5 heteroatoms. The van der Waals surface area contributed by atoms with Gasteiger partial charge in [0.25, 0.3) is 0 Å². The van der Waals surface area contributed by atoms with Crippen molar-refractivity contribution in [1.29, 1.82) is 0 Å². The zero-order chi connectivity index (χ0) is 7.98. The Labute approximate surface area is 89.0 Å². The van der Waals surface area contributed by atoms with E-state index in [1.807, 2.05) is 6.92 Å². The largest absolute Gasteiger partial charge is 0.693 e. The van der Waals surface area contributed by atoms with Gasteiger partial charge in [0.05, 0.1) is 13.2 Å². The molecule has 0 rings (SSSR count). The van der Waals surface area contributed by atoms with Crippen molar-refractivity contribution in [1.82, 2.24) is 0 Å². The van der Waals surface area contributed by atoms with Gasteiger partial charge >= 0.3 is 0 Å². The Hall–Kier alpha value is 0.528. The van der Waals surface area contributed by atoms with Crippen molar-refractivity contribution in [3.8, 4) is 0 Å². The molecule has 0 aromatic heterocycles. The molecule has 0 spiro atoms. The van der Waals surface area contributed by atoms with Gasteiger partial charge in [0, 0.05) is 47.2 Å². The molecule has 0 saturated carbocycles. The molecule has 4 nitrogen and oxygen atoms in total. The van der Waals surface area contributed by atoms with Gasteiger partial charge in [-0.1, -0.05) is 0 Å². The molecule has 0 heterocycles. The van der Waals surface area contributed by atoms with Gasteiger partial charge in [-0.25, -0.2) is 0 Å². The van der Waals surface area contributed by atoms with Gasteiger partial charge in [-0.3, -0.25) is 0 Å². The number of hydrogen-bond acceptors (Lipinski definition) is 3. The van der Waals surface area contributed by atoms with Crippen molar-refractivity contribution in [2.75, 3.05) is 27.4 Å². The zero-order valence-electron chi connectivity index (χ0n) is 7.86. The molecule has 0 aliphatic rings. The van der Waals surface area contributed by atoms with Crippen molar-refractivity contribution < 1.29 is 30.5 Å². The standard InChI is InChI=1S/C7H17NO2.H2N.Pt/c1-6(8)7(4-9-2)5-10-3;;/h6-7H,4-5,8H2,1-3H3;1H2;/q;-1;. The van der Waals surface area contributed by atoms with Crippen LogP contribution in [0.3, 0.4) is 0 Å². The van der Waals surface area contributed by atoms with Crippen molar-refractivity contribution in [2.24, 2.45) is 11.7 Å². The third kappa shape index (κ3) is 8.62. The van der Waals surface area contributed by atoms with E-state index in [4.69, 9.17) is 15.2 Å². The van der Waals surface area contributed by atoms with Crippen LogP contribution in [-0.2, 0) is 30.5 Å². The predicted octanol–water partition coefficient (Wildman–Crippen LogP) is 0.957. The average molecular weight is 358 g/mol. The molecule has 0 aromatic rings. The van der Waals surface area contributed by atoms with Crippen LogP contribution in [0.4, 0.5) is 0 Å². The first-order valence-corrected chi connectivity index (χ1v) is 3.45. The van der Waals surface area contributed by atoms with Crippen molar-refractivity contribution >= 4 is 0 Å². The van der Waals surface area contributed by atoms with Gasteiger partial charge < -0.3 is 21.4 Å². The van der Waals surface area contributed by atoms with Crippen LogP contribution in [0.1, 0.15) is 6.92 Å². The second-order valence-corrected chi connectivity index (χ2v) is 2.53. The molecule has 1 unspecified atom stereocenters. The van der Waals surface area contributed by atoms with Crippen LogP contribution in [0, 0.1) is 5.92 Å². The fraction of sp³-hybridized carbons (Fsp3) is 1.00. The van der Waals surface area contributed by atoms with Crippen LogP contribution < -0.4 is 5.73 Å². The van der Waals surface area contributed by atoms with Crippen molar-refractivity contribution in [3.05, 3.63) is 6.15 Å². The minimum absolute atomic E-state index is 0. The molecule has 0 bridgehead atoms. The number of methoxy groups -OCH3 is 2. The predicted molar refractivity (Wildman–Crippen MR) is 46.2 cm³/mol. The van der Waals surface area contributed by atoms with Gasteiger partial charge in [0.15, 0.2) is 0 Å².